The van der Waals surface area contributed by atoms with Gasteiger partial charge in [0.15, 0.2) is 0 Å². The number of benzene rings is 2. The van der Waals surface area contributed by atoms with Gasteiger partial charge < -0.3 is 4.84 Å². The SMILES string of the molecule is Cc1nc2ccccc2n1OCCc1ccc(C(C)(C)C)cc1. The summed E-state index contributed by atoms with van der Waals surface area (Å²) in [6.45, 7) is 9.31. The van der Waals surface area contributed by atoms with Crippen molar-refractivity contribution in [3.8, 4) is 0 Å². The van der Waals surface area contributed by atoms with E-state index in [0.717, 1.165) is 23.3 Å². The largest absolute Gasteiger partial charge is 0.412 e. The summed E-state index contributed by atoms with van der Waals surface area (Å²) in [5, 5.41) is 0. The Bertz CT molecular complexity index is 795. The molecule has 0 spiro atoms. The number of imidazole rings is 1. The molecule has 1 heterocycles. The van der Waals surface area contributed by atoms with E-state index in [9.17, 15) is 0 Å². The molecular weight excluding hydrogens is 284 g/mol. The predicted octanol–water partition coefficient (Wildman–Crippen LogP) is 4.31. The molecule has 3 rings (SSSR count). The minimum absolute atomic E-state index is 0.196. The molecule has 0 saturated heterocycles. The average molecular weight is 308 g/mol. The molecule has 1 aromatic heterocycles. The molecule has 0 aliphatic carbocycles. The van der Waals surface area contributed by atoms with Gasteiger partial charge in [0.1, 0.15) is 17.9 Å². The van der Waals surface area contributed by atoms with Gasteiger partial charge in [-0.05, 0) is 35.6 Å². The van der Waals surface area contributed by atoms with Crippen LogP contribution in [0.4, 0.5) is 0 Å². The van der Waals surface area contributed by atoms with Crippen LogP contribution in [0.15, 0.2) is 48.5 Å². The maximum Gasteiger partial charge on any atom is 0.143 e. The molecule has 0 amide bonds. The molecule has 0 aliphatic rings. The standard InChI is InChI=1S/C20H24N2O/c1-15-21-18-7-5-6-8-19(18)22(15)23-14-13-16-9-11-17(12-10-16)20(2,3)4/h5-12H,13-14H2,1-4H3. The quantitative estimate of drug-likeness (QED) is 0.718. The normalized spacial score (nSPS) is 11.8. The Morgan fingerprint density at radius 2 is 1.70 bits per heavy atom. The van der Waals surface area contributed by atoms with Gasteiger partial charge in [0.05, 0.1) is 5.52 Å². The van der Waals surface area contributed by atoms with Crippen LogP contribution in [0, 0.1) is 6.92 Å². The number of fused-ring (bicyclic) bond motifs is 1. The number of hydrogen-bond donors (Lipinski definition) is 0. The second kappa shape index (κ2) is 6.07. The second-order valence-corrected chi connectivity index (χ2v) is 6.97. The van der Waals surface area contributed by atoms with Crippen molar-refractivity contribution in [2.24, 2.45) is 0 Å². The molecule has 2 aromatic carbocycles. The summed E-state index contributed by atoms with van der Waals surface area (Å²) >= 11 is 0. The van der Waals surface area contributed by atoms with Gasteiger partial charge in [-0.2, -0.15) is 4.73 Å². The van der Waals surface area contributed by atoms with Crippen molar-refractivity contribution in [1.29, 1.82) is 0 Å². The van der Waals surface area contributed by atoms with Crippen LogP contribution in [0.5, 0.6) is 0 Å². The molecule has 3 aromatic rings. The molecule has 0 fully saturated rings. The third kappa shape index (κ3) is 3.39. The van der Waals surface area contributed by atoms with Crippen LogP contribution in [0.1, 0.15) is 37.7 Å². The molecule has 3 nitrogen and oxygen atoms in total. The fourth-order valence-corrected chi connectivity index (χ4v) is 2.71. The van der Waals surface area contributed by atoms with E-state index in [1.165, 1.54) is 11.1 Å². The summed E-state index contributed by atoms with van der Waals surface area (Å²) < 4.78 is 1.83. The molecule has 0 radical (unpaired) electrons. The van der Waals surface area contributed by atoms with Gasteiger partial charge >= 0.3 is 0 Å². The highest BCUT2D eigenvalue weighted by Crippen LogP contribution is 2.22. The Balaban J connectivity index is 1.66. The van der Waals surface area contributed by atoms with Crippen LogP contribution < -0.4 is 4.84 Å². The highest BCUT2D eigenvalue weighted by Gasteiger charge is 2.13. The molecule has 120 valence electrons. The highest BCUT2D eigenvalue weighted by molar-refractivity contribution is 5.75. The zero-order valence-electron chi connectivity index (χ0n) is 14.3. The summed E-state index contributed by atoms with van der Waals surface area (Å²) in [6.07, 6.45) is 0.885. The molecule has 0 atom stereocenters. The van der Waals surface area contributed by atoms with Crippen LogP contribution in [-0.2, 0) is 11.8 Å². The first-order valence-corrected chi connectivity index (χ1v) is 8.12. The van der Waals surface area contributed by atoms with E-state index in [-0.39, 0.29) is 5.41 Å². The minimum Gasteiger partial charge on any atom is -0.412 e. The van der Waals surface area contributed by atoms with Gasteiger partial charge in [-0.1, -0.05) is 57.2 Å². The van der Waals surface area contributed by atoms with Crippen molar-refractivity contribution in [2.75, 3.05) is 6.61 Å². The van der Waals surface area contributed by atoms with E-state index >= 15 is 0 Å². The summed E-state index contributed by atoms with van der Waals surface area (Å²) in [7, 11) is 0. The highest BCUT2D eigenvalue weighted by atomic mass is 16.7. The maximum absolute atomic E-state index is 5.95. The Labute approximate surface area is 137 Å². The van der Waals surface area contributed by atoms with Gasteiger partial charge in [0.2, 0.25) is 0 Å². The number of aryl methyl sites for hydroxylation is 1. The van der Waals surface area contributed by atoms with Crippen molar-refractivity contribution >= 4 is 11.0 Å². The summed E-state index contributed by atoms with van der Waals surface area (Å²) in [4.78, 5) is 10.5. The van der Waals surface area contributed by atoms with Crippen molar-refractivity contribution in [1.82, 2.24) is 9.71 Å². The monoisotopic (exact) mass is 308 g/mol. The predicted molar refractivity (Wildman–Crippen MR) is 94.8 cm³/mol. The zero-order chi connectivity index (χ0) is 16.4. The molecule has 3 heteroatoms. The van der Waals surface area contributed by atoms with E-state index in [1.807, 2.05) is 35.9 Å². The van der Waals surface area contributed by atoms with Crippen LogP contribution >= 0.6 is 0 Å². The average Bonchev–Trinajstić information content (AvgIpc) is 2.83. The smallest absolute Gasteiger partial charge is 0.143 e. The lowest BCUT2D eigenvalue weighted by molar-refractivity contribution is 0.117. The van der Waals surface area contributed by atoms with Crippen LogP contribution in [0.25, 0.3) is 11.0 Å². The van der Waals surface area contributed by atoms with Gasteiger partial charge in [0.25, 0.3) is 0 Å². The lowest BCUT2D eigenvalue weighted by Crippen LogP contribution is -2.16. The molecular formula is C20H24N2O. The Hall–Kier alpha value is -2.29. The molecule has 0 bridgehead atoms. The summed E-state index contributed by atoms with van der Waals surface area (Å²) in [5.41, 5.74) is 4.84. The van der Waals surface area contributed by atoms with Gasteiger partial charge in [-0.15, -0.1) is 0 Å². The molecule has 0 saturated carbocycles. The summed E-state index contributed by atoms with van der Waals surface area (Å²) in [5.74, 6) is 0.884. The number of rotatable bonds is 4. The van der Waals surface area contributed by atoms with Crippen LogP contribution in [0.2, 0.25) is 0 Å². The van der Waals surface area contributed by atoms with E-state index in [0.29, 0.717) is 6.61 Å². The minimum atomic E-state index is 0.196. The number of aromatic nitrogens is 2. The van der Waals surface area contributed by atoms with E-state index in [4.69, 9.17) is 4.84 Å². The van der Waals surface area contributed by atoms with E-state index in [1.54, 1.807) is 0 Å². The lowest BCUT2D eigenvalue weighted by atomic mass is 9.86. The fraction of sp³-hybridized carbons (Fsp3) is 0.350. The van der Waals surface area contributed by atoms with Crippen LogP contribution in [-0.4, -0.2) is 16.3 Å². The third-order valence-electron chi connectivity index (χ3n) is 4.11. The van der Waals surface area contributed by atoms with Gasteiger partial charge in [-0.25, -0.2) is 4.98 Å². The second-order valence-electron chi connectivity index (χ2n) is 6.97. The summed E-state index contributed by atoms with van der Waals surface area (Å²) in [6, 6.07) is 16.9. The Morgan fingerprint density at radius 3 is 2.39 bits per heavy atom. The Kier molecular flexibility index (Phi) is 4.12. The first-order valence-electron chi connectivity index (χ1n) is 8.12. The van der Waals surface area contributed by atoms with Gasteiger partial charge in [-0.3, -0.25) is 0 Å². The Morgan fingerprint density at radius 1 is 1.00 bits per heavy atom. The van der Waals surface area contributed by atoms with Gasteiger partial charge in [0, 0.05) is 6.42 Å². The maximum atomic E-state index is 5.95. The number of para-hydroxylation sites is 2. The van der Waals surface area contributed by atoms with Crippen molar-refractivity contribution in [3.63, 3.8) is 0 Å². The molecule has 0 aliphatic heterocycles. The van der Waals surface area contributed by atoms with Crippen molar-refractivity contribution < 1.29 is 4.84 Å². The van der Waals surface area contributed by atoms with E-state index in [2.05, 4.69) is 50.0 Å². The fourth-order valence-electron chi connectivity index (χ4n) is 2.71. The molecule has 0 N–H and O–H groups in total. The van der Waals surface area contributed by atoms with E-state index < -0.39 is 0 Å². The molecule has 0 unspecified atom stereocenters. The van der Waals surface area contributed by atoms with Crippen molar-refractivity contribution in [2.45, 2.75) is 39.5 Å². The topological polar surface area (TPSA) is 27.1 Å². The first kappa shape index (κ1) is 15.6. The number of nitrogens with zero attached hydrogens (tertiary/aromatic N) is 2. The van der Waals surface area contributed by atoms with Crippen molar-refractivity contribution in [3.05, 3.63) is 65.5 Å². The zero-order valence-corrected chi connectivity index (χ0v) is 14.3. The third-order valence-corrected chi connectivity index (χ3v) is 4.11. The first-order chi connectivity index (χ1) is 10.9. The molecule has 23 heavy (non-hydrogen) atoms. The lowest BCUT2D eigenvalue weighted by Gasteiger charge is -2.19. The number of hydrogen-bond acceptors (Lipinski definition) is 2. The van der Waals surface area contributed by atoms with Crippen LogP contribution in [0.3, 0.4) is 0 Å².